The molecule has 0 N–H and O–H groups in total. The van der Waals surface area contributed by atoms with Crippen molar-refractivity contribution < 1.29 is 0 Å². The van der Waals surface area contributed by atoms with E-state index < -0.39 is 0 Å². The van der Waals surface area contributed by atoms with Crippen LogP contribution >= 0.6 is 23.2 Å². The van der Waals surface area contributed by atoms with Gasteiger partial charge in [-0.15, -0.1) is 0 Å². The smallest absolute Gasteiger partial charge is 0.0468 e. The van der Waals surface area contributed by atoms with Gasteiger partial charge in [-0.2, -0.15) is 0 Å². The molecule has 0 amide bonds. The predicted octanol–water partition coefficient (Wildman–Crippen LogP) is 4.61. The van der Waals surface area contributed by atoms with E-state index in [1.807, 2.05) is 12.1 Å². The number of benzene rings is 1. The van der Waals surface area contributed by atoms with E-state index in [-0.39, 0.29) is 0 Å². The van der Waals surface area contributed by atoms with Crippen molar-refractivity contribution in [2.75, 3.05) is 19.6 Å². The molecule has 2 saturated heterocycles. The monoisotopic (exact) mass is 326 g/mol. The lowest BCUT2D eigenvalue weighted by Gasteiger charge is -2.46. The minimum atomic E-state index is 0.350. The standard InChI is InChI=1S/C17H24Cl2N2/c1-3-14-10-20-8-4-5-15(20)11-21(14)12(2)16-7-6-13(18)9-17(16)19/h6-7,9,12,14-15H,3-5,8,10-11H2,1-2H3. The number of piperazine rings is 1. The molecule has 1 aromatic rings. The molecule has 0 aromatic heterocycles. The Morgan fingerprint density at radius 1 is 1.29 bits per heavy atom. The summed E-state index contributed by atoms with van der Waals surface area (Å²) < 4.78 is 0. The molecular formula is C17H24Cl2N2. The number of hydrogen-bond acceptors (Lipinski definition) is 2. The van der Waals surface area contributed by atoms with Crippen LogP contribution in [-0.4, -0.2) is 41.5 Å². The Balaban J connectivity index is 1.82. The van der Waals surface area contributed by atoms with Crippen molar-refractivity contribution in [1.29, 1.82) is 0 Å². The van der Waals surface area contributed by atoms with Crippen LogP contribution in [0, 0.1) is 0 Å². The summed E-state index contributed by atoms with van der Waals surface area (Å²) in [4.78, 5) is 5.34. The van der Waals surface area contributed by atoms with Crippen molar-refractivity contribution in [2.24, 2.45) is 0 Å². The summed E-state index contributed by atoms with van der Waals surface area (Å²) in [5.41, 5.74) is 1.20. The molecule has 4 heteroatoms. The summed E-state index contributed by atoms with van der Waals surface area (Å²) in [5, 5.41) is 1.50. The summed E-state index contributed by atoms with van der Waals surface area (Å²) in [6.45, 7) is 8.23. The van der Waals surface area contributed by atoms with Crippen LogP contribution < -0.4 is 0 Å². The van der Waals surface area contributed by atoms with Gasteiger partial charge in [-0.1, -0.05) is 36.2 Å². The van der Waals surface area contributed by atoms with Crippen LogP contribution in [0.2, 0.25) is 10.0 Å². The van der Waals surface area contributed by atoms with Crippen molar-refractivity contribution in [3.05, 3.63) is 33.8 Å². The molecule has 2 aliphatic heterocycles. The average molecular weight is 327 g/mol. The third-order valence-electron chi connectivity index (χ3n) is 5.22. The topological polar surface area (TPSA) is 6.48 Å². The first-order valence-corrected chi connectivity index (χ1v) is 8.80. The highest BCUT2D eigenvalue weighted by atomic mass is 35.5. The Bertz CT molecular complexity index is 506. The number of rotatable bonds is 3. The van der Waals surface area contributed by atoms with Gasteiger partial charge in [-0.3, -0.25) is 9.80 Å². The van der Waals surface area contributed by atoms with Gasteiger partial charge in [-0.05, 0) is 50.4 Å². The third kappa shape index (κ3) is 3.10. The molecule has 2 fully saturated rings. The number of nitrogens with zero attached hydrogens (tertiary/aromatic N) is 2. The molecule has 3 unspecified atom stereocenters. The molecule has 0 bridgehead atoms. The van der Waals surface area contributed by atoms with Gasteiger partial charge in [0.05, 0.1) is 0 Å². The minimum Gasteiger partial charge on any atom is -0.298 e. The van der Waals surface area contributed by atoms with Gasteiger partial charge in [0.15, 0.2) is 0 Å². The number of hydrogen-bond donors (Lipinski definition) is 0. The predicted molar refractivity (Wildman–Crippen MR) is 90.3 cm³/mol. The summed E-state index contributed by atoms with van der Waals surface area (Å²) in [7, 11) is 0. The molecule has 2 aliphatic rings. The molecule has 116 valence electrons. The molecule has 3 rings (SSSR count). The Kier molecular flexibility index (Phi) is 4.80. The van der Waals surface area contributed by atoms with Gasteiger partial charge in [-0.25, -0.2) is 0 Å². The fraction of sp³-hybridized carbons (Fsp3) is 0.647. The molecule has 0 aliphatic carbocycles. The Morgan fingerprint density at radius 3 is 2.81 bits per heavy atom. The van der Waals surface area contributed by atoms with Crippen LogP contribution in [0.4, 0.5) is 0 Å². The van der Waals surface area contributed by atoms with Crippen molar-refractivity contribution >= 4 is 23.2 Å². The van der Waals surface area contributed by atoms with Crippen LogP contribution in [0.25, 0.3) is 0 Å². The summed E-state index contributed by atoms with van der Waals surface area (Å²) >= 11 is 12.5. The van der Waals surface area contributed by atoms with E-state index in [0.717, 1.165) is 11.1 Å². The third-order valence-corrected chi connectivity index (χ3v) is 5.78. The highest BCUT2D eigenvalue weighted by Gasteiger charge is 2.37. The zero-order valence-corrected chi connectivity index (χ0v) is 14.4. The van der Waals surface area contributed by atoms with Crippen LogP contribution in [0.3, 0.4) is 0 Å². The first-order chi connectivity index (χ1) is 10.1. The average Bonchev–Trinajstić information content (AvgIpc) is 2.92. The van der Waals surface area contributed by atoms with Gasteiger partial charge < -0.3 is 0 Å². The molecule has 0 spiro atoms. The fourth-order valence-corrected chi connectivity index (χ4v) is 4.53. The van der Waals surface area contributed by atoms with Crippen molar-refractivity contribution in [2.45, 2.75) is 51.2 Å². The summed E-state index contributed by atoms with van der Waals surface area (Å²) in [5.74, 6) is 0. The van der Waals surface area contributed by atoms with Crippen LogP contribution in [0.1, 0.15) is 44.7 Å². The molecule has 2 nitrogen and oxygen atoms in total. The van der Waals surface area contributed by atoms with Crippen molar-refractivity contribution in [1.82, 2.24) is 9.80 Å². The highest BCUT2D eigenvalue weighted by Crippen LogP contribution is 2.35. The molecule has 0 radical (unpaired) electrons. The first kappa shape index (κ1) is 15.6. The second kappa shape index (κ2) is 6.45. The largest absolute Gasteiger partial charge is 0.298 e. The van der Waals surface area contributed by atoms with E-state index in [2.05, 4.69) is 29.7 Å². The maximum Gasteiger partial charge on any atom is 0.0468 e. The number of halogens is 2. The van der Waals surface area contributed by atoms with E-state index in [1.165, 1.54) is 44.5 Å². The fourth-order valence-electron chi connectivity index (χ4n) is 3.97. The minimum absolute atomic E-state index is 0.350. The van der Waals surface area contributed by atoms with Crippen molar-refractivity contribution in [3.63, 3.8) is 0 Å². The maximum absolute atomic E-state index is 6.42. The SMILES string of the molecule is CCC1CN2CCCC2CN1C(C)c1ccc(Cl)cc1Cl. The van der Waals surface area contributed by atoms with E-state index in [9.17, 15) is 0 Å². The Hall–Kier alpha value is -0.280. The van der Waals surface area contributed by atoms with Gasteiger partial charge in [0.2, 0.25) is 0 Å². The first-order valence-electron chi connectivity index (χ1n) is 8.05. The zero-order valence-electron chi connectivity index (χ0n) is 12.9. The lowest BCUT2D eigenvalue weighted by Crippen LogP contribution is -2.56. The van der Waals surface area contributed by atoms with Crippen LogP contribution in [0.5, 0.6) is 0 Å². The lowest BCUT2D eigenvalue weighted by molar-refractivity contribution is 0.0227. The van der Waals surface area contributed by atoms with Gasteiger partial charge in [0.1, 0.15) is 0 Å². The van der Waals surface area contributed by atoms with Gasteiger partial charge in [0.25, 0.3) is 0 Å². The summed E-state index contributed by atoms with van der Waals surface area (Å²) in [6, 6.07) is 7.61. The van der Waals surface area contributed by atoms with Crippen LogP contribution in [0.15, 0.2) is 18.2 Å². The lowest BCUT2D eigenvalue weighted by atomic mass is 9.98. The second-order valence-corrected chi connectivity index (χ2v) is 7.24. The maximum atomic E-state index is 6.42. The van der Waals surface area contributed by atoms with E-state index in [1.54, 1.807) is 0 Å². The zero-order chi connectivity index (χ0) is 15.0. The van der Waals surface area contributed by atoms with E-state index >= 15 is 0 Å². The Labute approximate surface area is 138 Å². The highest BCUT2D eigenvalue weighted by molar-refractivity contribution is 6.35. The van der Waals surface area contributed by atoms with E-state index in [0.29, 0.717) is 17.1 Å². The summed E-state index contributed by atoms with van der Waals surface area (Å²) in [6.07, 6.45) is 3.89. The Morgan fingerprint density at radius 2 is 2.10 bits per heavy atom. The van der Waals surface area contributed by atoms with Crippen molar-refractivity contribution in [3.8, 4) is 0 Å². The van der Waals surface area contributed by atoms with Gasteiger partial charge >= 0.3 is 0 Å². The molecule has 1 aromatic carbocycles. The quantitative estimate of drug-likeness (QED) is 0.800. The van der Waals surface area contributed by atoms with Gasteiger partial charge in [0, 0.05) is 41.3 Å². The molecule has 21 heavy (non-hydrogen) atoms. The second-order valence-electron chi connectivity index (χ2n) is 6.39. The molecule has 3 atom stereocenters. The normalized spacial score (nSPS) is 28.6. The van der Waals surface area contributed by atoms with Crippen LogP contribution in [-0.2, 0) is 0 Å². The van der Waals surface area contributed by atoms with E-state index in [4.69, 9.17) is 23.2 Å². The molecule has 0 saturated carbocycles. The number of fused-ring (bicyclic) bond motifs is 1. The molecular weight excluding hydrogens is 303 g/mol. The molecule has 2 heterocycles.